The molecule has 0 saturated heterocycles. The molecule has 0 bridgehead atoms. The lowest BCUT2D eigenvalue weighted by Gasteiger charge is -2.07. The summed E-state index contributed by atoms with van der Waals surface area (Å²) >= 11 is 0. The van der Waals surface area contributed by atoms with Crippen LogP contribution in [0.1, 0.15) is 10.4 Å². The minimum Gasteiger partial charge on any atom is -0.383 e. The van der Waals surface area contributed by atoms with Crippen LogP contribution in [0.4, 0.5) is 8.78 Å². The zero-order valence-corrected chi connectivity index (χ0v) is 10.1. The summed E-state index contributed by atoms with van der Waals surface area (Å²) in [6.07, 6.45) is 0. The summed E-state index contributed by atoms with van der Waals surface area (Å²) in [6.45, 7) is 2.11. The van der Waals surface area contributed by atoms with Crippen molar-refractivity contribution in [3.8, 4) is 0 Å². The molecule has 4 nitrogen and oxygen atoms in total. The number of halogens is 2. The molecule has 0 aliphatic heterocycles. The molecule has 1 aromatic carbocycles. The molecule has 1 amide bonds. The van der Waals surface area contributed by atoms with E-state index >= 15 is 0 Å². The van der Waals surface area contributed by atoms with Gasteiger partial charge in [0.1, 0.15) is 11.6 Å². The van der Waals surface area contributed by atoms with Crippen molar-refractivity contribution in [3.05, 3.63) is 35.4 Å². The Bertz CT molecular complexity index is 400. The fourth-order valence-electron chi connectivity index (χ4n) is 1.33. The Labute approximate surface area is 104 Å². The predicted molar refractivity (Wildman–Crippen MR) is 63.4 cm³/mol. The van der Waals surface area contributed by atoms with Gasteiger partial charge in [-0.15, -0.1) is 0 Å². The lowest BCUT2D eigenvalue weighted by molar-refractivity contribution is 0.0949. The van der Waals surface area contributed by atoms with Crippen molar-refractivity contribution in [2.45, 2.75) is 0 Å². The predicted octanol–water partition coefficient (Wildman–Crippen LogP) is 0.931. The van der Waals surface area contributed by atoms with E-state index in [1.165, 1.54) is 0 Å². The molecule has 0 fully saturated rings. The van der Waals surface area contributed by atoms with Crippen LogP contribution in [0.2, 0.25) is 0 Å². The molecule has 0 heterocycles. The molecule has 18 heavy (non-hydrogen) atoms. The van der Waals surface area contributed by atoms with Gasteiger partial charge in [0, 0.05) is 26.7 Å². The molecule has 0 atom stereocenters. The van der Waals surface area contributed by atoms with Crippen molar-refractivity contribution < 1.29 is 18.3 Å². The summed E-state index contributed by atoms with van der Waals surface area (Å²) in [7, 11) is 1.59. The van der Waals surface area contributed by atoms with Gasteiger partial charge in [0.25, 0.3) is 5.91 Å². The molecule has 0 saturated carbocycles. The average Bonchev–Trinajstić information content (AvgIpc) is 2.36. The maximum atomic E-state index is 13.2. The normalized spacial score (nSPS) is 10.4. The highest BCUT2D eigenvalue weighted by Crippen LogP contribution is 2.09. The quantitative estimate of drug-likeness (QED) is 0.715. The zero-order valence-electron chi connectivity index (χ0n) is 10.1. The number of carbonyl (C=O) groups excluding carboxylic acids is 1. The number of hydrogen-bond donors (Lipinski definition) is 2. The van der Waals surface area contributed by atoms with Crippen molar-refractivity contribution in [2.24, 2.45) is 0 Å². The Kier molecular flexibility index (Phi) is 6.24. The third kappa shape index (κ3) is 4.77. The summed E-state index contributed by atoms with van der Waals surface area (Å²) in [4.78, 5) is 11.5. The van der Waals surface area contributed by atoms with Crippen LogP contribution in [-0.2, 0) is 4.74 Å². The Morgan fingerprint density at radius 2 is 2.06 bits per heavy atom. The van der Waals surface area contributed by atoms with Crippen molar-refractivity contribution in [2.75, 3.05) is 33.4 Å². The van der Waals surface area contributed by atoms with Crippen LogP contribution < -0.4 is 10.6 Å². The lowest BCUT2D eigenvalue weighted by atomic mass is 10.2. The maximum Gasteiger partial charge on any atom is 0.254 e. The molecule has 0 aliphatic rings. The first-order chi connectivity index (χ1) is 8.65. The average molecular weight is 258 g/mol. The smallest absolute Gasteiger partial charge is 0.254 e. The van der Waals surface area contributed by atoms with Crippen molar-refractivity contribution in [1.29, 1.82) is 0 Å². The minimum atomic E-state index is -0.735. The first-order valence-electron chi connectivity index (χ1n) is 5.58. The number of benzene rings is 1. The second-order valence-corrected chi connectivity index (χ2v) is 3.62. The van der Waals surface area contributed by atoms with Crippen LogP contribution in [0.25, 0.3) is 0 Å². The van der Waals surface area contributed by atoms with Gasteiger partial charge in [0.05, 0.1) is 12.2 Å². The Morgan fingerprint density at radius 1 is 1.28 bits per heavy atom. The molecule has 0 aromatic heterocycles. The minimum absolute atomic E-state index is 0.285. The summed E-state index contributed by atoms with van der Waals surface area (Å²) in [5.74, 6) is -2.00. The molecule has 1 rings (SSSR count). The molecule has 1 aromatic rings. The number of methoxy groups -OCH3 is 1. The van der Waals surface area contributed by atoms with Crippen LogP contribution >= 0.6 is 0 Å². The van der Waals surface area contributed by atoms with Crippen molar-refractivity contribution in [1.82, 2.24) is 10.6 Å². The van der Waals surface area contributed by atoms with Crippen LogP contribution in [0.3, 0.4) is 0 Å². The van der Waals surface area contributed by atoms with E-state index in [4.69, 9.17) is 4.74 Å². The van der Waals surface area contributed by atoms with Crippen molar-refractivity contribution >= 4 is 5.91 Å². The van der Waals surface area contributed by atoms with Crippen LogP contribution in [-0.4, -0.2) is 39.3 Å². The van der Waals surface area contributed by atoms with Gasteiger partial charge in [-0.05, 0) is 18.2 Å². The number of amides is 1. The fraction of sp³-hybridized carbons (Fsp3) is 0.417. The summed E-state index contributed by atoms with van der Waals surface area (Å²) in [6, 6.07) is 2.78. The standard InChI is InChI=1S/C12H16F2N2O2/c1-18-7-6-15-4-5-16-12(17)10-8-9(13)2-3-11(10)14/h2-3,8,15H,4-7H2,1H3,(H,16,17). The van der Waals surface area contributed by atoms with Gasteiger partial charge < -0.3 is 15.4 Å². The van der Waals surface area contributed by atoms with Crippen LogP contribution in [0.15, 0.2) is 18.2 Å². The molecule has 0 unspecified atom stereocenters. The number of ether oxygens (including phenoxy) is 1. The highest BCUT2D eigenvalue weighted by molar-refractivity contribution is 5.94. The van der Waals surface area contributed by atoms with E-state index in [2.05, 4.69) is 10.6 Å². The second-order valence-electron chi connectivity index (χ2n) is 3.62. The largest absolute Gasteiger partial charge is 0.383 e. The van der Waals surface area contributed by atoms with E-state index in [0.29, 0.717) is 26.2 Å². The van der Waals surface area contributed by atoms with E-state index in [0.717, 1.165) is 18.2 Å². The van der Waals surface area contributed by atoms with Crippen LogP contribution in [0, 0.1) is 11.6 Å². The molecule has 6 heteroatoms. The van der Waals surface area contributed by atoms with E-state index in [1.807, 2.05) is 0 Å². The van der Waals surface area contributed by atoms with E-state index in [1.54, 1.807) is 7.11 Å². The number of nitrogens with one attached hydrogen (secondary N) is 2. The van der Waals surface area contributed by atoms with E-state index < -0.39 is 17.5 Å². The first kappa shape index (κ1) is 14.5. The molecule has 100 valence electrons. The maximum absolute atomic E-state index is 13.2. The van der Waals surface area contributed by atoms with Gasteiger partial charge >= 0.3 is 0 Å². The number of hydrogen-bond acceptors (Lipinski definition) is 3. The molecule has 2 N–H and O–H groups in total. The van der Waals surface area contributed by atoms with Gasteiger partial charge in [-0.2, -0.15) is 0 Å². The molecule has 0 spiro atoms. The highest BCUT2D eigenvalue weighted by atomic mass is 19.1. The van der Waals surface area contributed by atoms with Gasteiger partial charge in [-0.3, -0.25) is 4.79 Å². The third-order valence-corrected chi connectivity index (χ3v) is 2.24. The summed E-state index contributed by atoms with van der Waals surface area (Å²) < 4.78 is 30.9. The molecule has 0 aliphatic carbocycles. The van der Waals surface area contributed by atoms with E-state index in [9.17, 15) is 13.6 Å². The Hall–Kier alpha value is -1.53. The Morgan fingerprint density at radius 3 is 2.78 bits per heavy atom. The molecular formula is C12H16F2N2O2. The summed E-state index contributed by atoms with van der Waals surface area (Å²) in [5.41, 5.74) is -0.285. The summed E-state index contributed by atoms with van der Waals surface area (Å²) in [5, 5.41) is 5.51. The first-order valence-corrected chi connectivity index (χ1v) is 5.58. The topological polar surface area (TPSA) is 50.4 Å². The number of carbonyl (C=O) groups is 1. The van der Waals surface area contributed by atoms with Gasteiger partial charge in [0.15, 0.2) is 0 Å². The van der Waals surface area contributed by atoms with Gasteiger partial charge in [-0.25, -0.2) is 8.78 Å². The van der Waals surface area contributed by atoms with Gasteiger partial charge in [0.2, 0.25) is 0 Å². The van der Waals surface area contributed by atoms with Crippen LogP contribution in [0.5, 0.6) is 0 Å². The second kappa shape index (κ2) is 7.73. The monoisotopic (exact) mass is 258 g/mol. The Balaban J connectivity index is 2.34. The molecular weight excluding hydrogens is 242 g/mol. The van der Waals surface area contributed by atoms with E-state index in [-0.39, 0.29) is 5.56 Å². The zero-order chi connectivity index (χ0) is 13.4. The van der Waals surface area contributed by atoms with Gasteiger partial charge in [-0.1, -0.05) is 0 Å². The number of rotatable bonds is 7. The lowest BCUT2D eigenvalue weighted by Crippen LogP contribution is -2.33. The van der Waals surface area contributed by atoms with Crippen molar-refractivity contribution in [3.63, 3.8) is 0 Å². The highest BCUT2D eigenvalue weighted by Gasteiger charge is 2.11. The SMILES string of the molecule is COCCNCCNC(=O)c1cc(F)ccc1F. The third-order valence-electron chi connectivity index (χ3n) is 2.24. The molecule has 0 radical (unpaired) electrons. The fourth-order valence-corrected chi connectivity index (χ4v) is 1.33.